The SMILES string of the molecule is CC(NCCC1=CCCCC1)C(=O)c1ccc2c(c1)NCCO2. The average Bonchev–Trinajstić information content (AvgIpc) is 2.61. The van der Waals surface area contributed by atoms with Gasteiger partial charge in [0.2, 0.25) is 0 Å². The van der Waals surface area contributed by atoms with Crippen molar-refractivity contribution in [2.24, 2.45) is 0 Å². The number of Topliss-reactive ketones (excluding diaryl/α,β-unsaturated/α-hetero) is 1. The summed E-state index contributed by atoms with van der Waals surface area (Å²) in [5.41, 5.74) is 3.19. The van der Waals surface area contributed by atoms with Crippen LogP contribution in [0.1, 0.15) is 49.4 Å². The molecular weight excluding hydrogens is 288 g/mol. The summed E-state index contributed by atoms with van der Waals surface area (Å²) in [6.45, 7) is 4.27. The molecule has 0 radical (unpaired) electrons. The normalized spacial score (nSPS) is 18.2. The molecule has 1 aliphatic carbocycles. The molecule has 2 N–H and O–H groups in total. The molecular formula is C19H26N2O2. The Morgan fingerprint density at radius 1 is 1.39 bits per heavy atom. The van der Waals surface area contributed by atoms with E-state index in [2.05, 4.69) is 16.7 Å². The number of carbonyl (C=O) groups excluding carboxylic acids is 1. The number of ether oxygens (including phenoxy) is 1. The van der Waals surface area contributed by atoms with Gasteiger partial charge < -0.3 is 15.4 Å². The molecule has 0 amide bonds. The van der Waals surface area contributed by atoms with Crippen LogP contribution in [0.2, 0.25) is 0 Å². The maximum absolute atomic E-state index is 12.6. The van der Waals surface area contributed by atoms with Crippen molar-refractivity contribution in [2.75, 3.05) is 25.0 Å². The predicted octanol–water partition coefficient (Wildman–Crippen LogP) is 3.54. The lowest BCUT2D eigenvalue weighted by atomic mass is 9.97. The molecule has 0 saturated heterocycles. The van der Waals surface area contributed by atoms with Gasteiger partial charge in [-0.3, -0.25) is 4.79 Å². The molecule has 0 bridgehead atoms. The number of nitrogens with one attached hydrogen (secondary N) is 2. The number of hydrogen-bond donors (Lipinski definition) is 2. The van der Waals surface area contributed by atoms with Crippen LogP contribution < -0.4 is 15.4 Å². The van der Waals surface area contributed by atoms with Gasteiger partial charge in [0, 0.05) is 12.1 Å². The van der Waals surface area contributed by atoms with Crippen LogP contribution in [0, 0.1) is 0 Å². The number of anilines is 1. The molecule has 4 nitrogen and oxygen atoms in total. The Morgan fingerprint density at radius 2 is 2.30 bits per heavy atom. The van der Waals surface area contributed by atoms with Gasteiger partial charge in [0.05, 0.1) is 11.7 Å². The van der Waals surface area contributed by atoms with Crippen LogP contribution in [0.4, 0.5) is 5.69 Å². The highest BCUT2D eigenvalue weighted by molar-refractivity contribution is 6.01. The van der Waals surface area contributed by atoms with Gasteiger partial charge in [-0.05, 0) is 63.8 Å². The summed E-state index contributed by atoms with van der Waals surface area (Å²) in [6, 6.07) is 5.48. The molecule has 1 aromatic carbocycles. The molecule has 4 heteroatoms. The summed E-state index contributed by atoms with van der Waals surface area (Å²) in [5.74, 6) is 0.968. The predicted molar refractivity (Wildman–Crippen MR) is 93.4 cm³/mol. The van der Waals surface area contributed by atoms with Gasteiger partial charge >= 0.3 is 0 Å². The zero-order chi connectivity index (χ0) is 16.1. The van der Waals surface area contributed by atoms with Crippen molar-refractivity contribution in [1.29, 1.82) is 0 Å². The van der Waals surface area contributed by atoms with Crippen molar-refractivity contribution >= 4 is 11.5 Å². The highest BCUT2D eigenvalue weighted by Gasteiger charge is 2.18. The first kappa shape index (κ1) is 16.1. The van der Waals surface area contributed by atoms with Gasteiger partial charge in [0.1, 0.15) is 12.4 Å². The number of ketones is 1. The second kappa shape index (κ2) is 7.64. The Bertz CT molecular complexity index is 595. The summed E-state index contributed by atoms with van der Waals surface area (Å²) in [5, 5.41) is 6.64. The van der Waals surface area contributed by atoms with E-state index in [1.807, 2.05) is 25.1 Å². The van der Waals surface area contributed by atoms with Crippen LogP contribution >= 0.6 is 0 Å². The molecule has 0 aromatic heterocycles. The minimum Gasteiger partial charge on any atom is -0.490 e. The van der Waals surface area contributed by atoms with Crippen LogP contribution in [0.25, 0.3) is 0 Å². The Morgan fingerprint density at radius 3 is 3.13 bits per heavy atom. The van der Waals surface area contributed by atoms with E-state index >= 15 is 0 Å². The van der Waals surface area contributed by atoms with E-state index in [1.54, 1.807) is 5.57 Å². The number of hydrogen-bond acceptors (Lipinski definition) is 4. The summed E-state index contributed by atoms with van der Waals surface area (Å²) >= 11 is 0. The molecule has 1 aliphatic heterocycles. The Hall–Kier alpha value is -1.81. The first-order chi connectivity index (χ1) is 11.2. The molecule has 1 heterocycles. The minimum atomic E-state index is -0.165. The van der Waals surface area contributed by atoms with Crippen LogP contribution in [0.3, 0.4) is 0 Å². The number of fused-ring (bicyclic) bond motifs is 1. The monoisotopic (exact) mass is 314 g/mol. The summed E-state index contributed by atoms with van der Waals surface area (Å²) in [6.07, 6.45) is 8.49. The van der Waals surface area contributed by atoms with Crippen molar-refractivity contribution in [3.8, 4) is 5.75 Å². The van der Waals surface area contributed by atoms with E-state index in [0.717, 1.165) is 36.5 Å². The van der Waals surface area contributed by atoms with E-state index in [1.165, 1.54) is 25.7 Å². The summed E-state index contributed by atoms with van der Waals surface area (Å²) in [4.78, 5) is 12.6. The van der Waals surface area contributed by atoms with Crippen LogP contribution in [-0.2, 0) is 0 Å². The largest absolute Gasteiger partial charge is 0.490 e. The van der Waals surface area contributed by atoms with Crippen LogP contribution in [0.15, 0.2) is 29.8 Å². The molecule has 1 atom stereocenters. The number of allylic oxidation sites excluding steroid dienone is 1. The van der Waals surface area contributed by atoms with E-state index in [9.17, 15) is 4.79 Å². The molecule has 0 fully saturated rings. The van der Waals surface area contributed by atoms with Gasteiger partial charge in [-0.1, -0.05) is 11.6 Å². The Balaban J connectivity index is 1.53. The van der Waals surface area contributed by atoms with Crippen LogP contribution in [0.5, 0.6) is 5.75 Å². The van der Waals surface area contributed by atoms with Gasteiger partial charge in [-0.2, -0.15) is 0 Å². The smallest absolute Gasteiger partial charge is 0.179 e. The molecule has 124 valence electrons. The first-order valence-electron chi connectivity index (χ1n) is 8.70. The van der Waals surface area contributed by atoms with Gasteiger partial charge in [0.15, 0.2) is 5.78 Å². The standard InChI is InChI=1S/C19H26N2O2/c1-14(20-10-9-15-5-3-2-4-6-15)19(22)16-7-8-18-17(13-16)21-11-12-23-18/h5,7-8,13-14,20-21H,2-4,6,9-12H2,1H3. The number of rotatable bonds is 6. The van der Waals surface area contributed by atoms with Gasteiger partial charge in [-0.25, -0.2) is 0 Å². The molecule has 0 saturated carbocycles. The number of carbonyl (C=O) groups is 1. The zero-order valence-electron chi connectivity index (χ0n) is 13.9. The van der Waals surface area contributed by atoms with E-state index in [0.29, 0.717) is 6.61 Å². The molecule has 23 heavy (non-hydrogen) atoms. The fraction of sp³-hybridized carbons (Fsp3) is 0.526. The van der Waals surface area contributed by atoms with E-state index in [-0.39, 0.29) is 11.8 Å². The fourth-order valence-corrected chi connectivity index (χ4v) is 3.22. The Kier molecular flexibility index (Phi) is 5.34. The lowest BCUT2D eigenvalue weighted by molar-refractivity contribution is 0.0951. The third-order valence-corrected chi connectivity index (χ3v) is 4.61. The van der Waals surface area contributed by atoms with Crippen molar-refractivity contribution in [1.82, 2.24) is 5.32 Å². The summed E-state index contributed by atoms with van der Waals surface area (Å²) in [7, 11) is 0. The lowest BCUT2D eigenvalue weighted by Gasteiger charge is -2.20. The minimum absolute atomic E-state index is 0.137. The van der Waals surface area contributed by atoms with Gasteiger partial charge in [-0.15, -0.1) is 0 Å². The molecule has 2 aliphatic rings. The average molecular weight is 314 g/mol. The fourth-order valence-electron chi connectivity index (χ4n) is 3.22. The second-order valence-electron chi connectivity index (χ2n) is 6.38. The molecule has 3 rings (SSSR count). The highest BCUT2D eigenvalue weighted by atomic mass is 16.5. The van der Waals surface area contributed by atoms with Crippen LogP contribution in [-0.4, -0.2) is 31.5 Å². The van der Waals surface area contributed by atoms with E-state index in [4.69, 9.17) is 4.74 Å². The highest BCUT2D eigenvalue weighted by Crippen LogP contribution is 2.28. The summed E-state index contributed by atoms with van der Waals surface area (Å²) < 4.78 is 5.56. The quantitative estimate of drug-likeness (QED) is 0.623. The molecule has 1 unspecified atom stereocenters. The topological polar surface area (TPSA) is 50.4 Å². The maximum atomic E-state index is 12.6. The zero-order valence-corrected chi connectivity index (χ0v) is 13.9. The number of benzene rings is 1. The third-order valence-electron chi connectivity index (χ3n) is 4.61. The van der Waals surface area contributed by atoms with E-state index < -0.39 is 0 Å². The van der Waals surface area contributed by atoms with Crippen molar-refractivity contribution in [3.63, 3.8) is 0 Å². The van der Waals surface area contributed by atoms with Crippen molar-refractivity contribution < 1.29 is 9.53 Å². The second-order valence-corrected chi connectivity index (χ2v) is 6.38. The lowest BCUT2D eigenvalue weighted by Crippen LogP contribution is -2.35. The first-order valence-corrected chi connectivity index (χ1v) is 8.70. The third kappa shape index (κ3) is 4.14. The van der Waals surface area contributed by atoms with Crippen molar-refractivity contribution in [2.45, 2.75) is 45.1 Å². The van der Waals surface area contributed by atoms with Crippen molar-refractivity contribution in [3.05, 3.63) is 35.4 Å². The van der Waals surface area contributed by atoms with Gasteiger partial charge in [0.25, 0.3) is 0 Å². The maximum Gasteiger partial charge on any atom is 0.179 e. The molecule has 0 spiro atoms. The molecule has 1 aromatic rings. The Labute approximate surface area is 138 Å².